The van der Waals surface area contributed by atoms with Gasteiger partial charge in [0, 0.05) is 17.8 Å². The van der Waals surface area contributed by atoms with E-state index in [1.807, 2.05) is 12.1 Å². The fraction of sp³-hybridized carbons (Fsp3) is 0.0952. The van der Waals surface area contributed by atoms with Gasteiger partial charge in [-0.3, -0.25) is 9.52 Å². The van der Waals surface area contributed by atoms with Crippen LogP contribution < -0.4 is 19.5 Å². The van der Waals surface area contributed by atoms with Crippen molar-refractivity contribution < 1.29 is 22.7 Å². The second-order valence-corrected chi connectivity index (χ2v) is 8.05. The third-order valence-corrected chi connectivity index (χ3v) is 5.72. The van der Waals surface area contributed by atoms with Gasteiger partial charge in [0.05, 0.1) is 4.90 Å². The Balaban J connectivity index is 1.43. The lowest BCUT2D eigenvalue weighted by Crippen LogP contribution is -2.23. The molecule has 0 fully saturated rings. The minimum atomic E-state index is -3.72. The molecule has 1 aliphatic rings. The number of carbonyl (C=O) groups is 1. The summed E-state index contributed by atoms with van der Waals surface area (Å²) in [5.41, 5.74) is 1.52. The topological polar surface area (TPSA) is 93.7 Å². The number of anilines is 1. The number of benzene rings is 3. The zero-order chi connectivity index (χ0) is 20.3. The fourth-order valence-electron chi connectivity index (χ4n) is 2.87. The van der Waals surface area contributed by atoms with Crippen molar-refractivity contribution >= 4 is 21.6 Å². The van der Waals surface area contributed by atoms with Crippen LogP contribution in [0.25, 0.3) is 0 Å². The van der Waals surface area contributed by atoms with Crippen LogP contribution in [0.15, 0.2) is 77.7 Å². The number of amides is 1. The minimum absolute atomic E-state index is 0.151. The average Bonchev–Trinajstić information content (AvgIpc) is 3.20. The molecule has 8 heteroatoms. The number of fused-ring (bicyclic) bond motifs is 1. The third kappa shape index (κ3) is 4.33. The second kappa shape index (κ2) is 7.84. The van der Waals surface area contributed by atoms with E-state index in [0.29, 0.717) is 29.3 Å². The Kier molecular flexibility index (Phi) is 5.09. The van der Waals surface area contributed by atoms with Crippen molar-refractivity contribution in [1.29, 1.82) is 0 Å². The van der Waals surface area contributed by atoms with Gasteiger partial charge in [-0.2, -0.15) is 0 Å². The van der Waals surface area contributed by atoms with E-state index in [1.54, 1.807) is 42.5 Å². The summed E-state index contributed by atoms with van der Waals surface area (Å²) in [6.45, 7) is 0.492. The van der Waals surface area contributed by atoms with Crippen LogP contribution in [0.4, 0.5) is 5.69 Å². The van der Waals surface area contributed by atoms with Crippen LogP contribution in [0.2, 0.25) is 0 Å². The van der Waals surface area contributed by atoms with Gasteiger partial charge in [0.1, 0.15) is 0 Å². The van der Waals surface area contributed by atoms with Crippen molar-refractivity contribution in [2.45, 2.75) is 11.4 Å². The fourth-order valence-corrected chi connectivity index (χ4v) is 3.94. The summed E-state index contributed by atoms with van der Waals surface area (Å²) in [5.74, 6) is 1.01. The number of sulfonamides is 1. The van der Waals surface area contributed by atoms with Gasteiger partial charge < -0.3 is 14.8 Å². The van der Waals surface area contributed by atoms with Crippen molar-refractivity contribution in [3.63, 3.8) is 0 Å². The lowest BCUT2D eigenvalue weighted by atomic mass is 10.1. The Morgan fingerprint density at radius 1 is 0.897 bits per heavy atom. The molecule has 3 aromatic rings. The molecule has 0 unspecified atom stereocenters. The molecule has 29 heavy (non-hydrogen) atoms. The zero-order valence-electron chi connectivity index (χ0n) is 15.3. The van der Waals surface area contributed by atoms with Gasteiger partial charge in [-0.25, -0.2) is 8.42 Å². The number of nitrogens with one attached hydrogen (secondary N) is 2. The number of carbonyl (C=O) groups excluding carboxylic acids is 1. The van der Waals surface area contributed by atoms with Crippen molar-refractivity contribution in [3.8, 4) is 11.5 Å². The van der Waals surface area contributed by atoms with E-state index in [4.69, 9.17) is 9.47 Å². The van der Waals surface area contributed by atoms with Crippen LogP contribution in [0, 0.1) is 0 Å². The Labute approximate surface area is 168 Å². The second-order valence-electron chi connectivity index (χ2n) is 6.37. The predicted molar refractivity (Wildman–Crippen MR) is 107 cm³/mol. The van der Waals surface area contributed by atoms with E-state index >= 15 is 0 Å². The van der Waals surface area contributed by atoms with Gasteiger partial charge in [0.25, 0.3) is 15.9 Å². The molecular weight excluding hydrogens is 392 g/mol. The number of ether oxygens (including phenoxy) is 2. The van der Waals surface area contributed by atoms with Gasteiger partial charge in [0.15, 0.2) is 11.5 Å². The molecule has 0 aromatic heterocycles. The highest BCUT2D eigenvalue weighted by Crippen LogP contribution is 2.32. The van der Waals surface area contributed by atoms with Crippen LogP contribution in [0.1, 0.15) is 15.9 Å². The Morgan fingerprint density at radius 3 is 2.52 bits per heavy atom. The van der Waals surface area contributed by atoms with Crippen LogP contribution in [0.3, 0.4) is 0 Å². The van der Waals surface area contributed by atoms with E-state index < -0.39 is 10.0 Å². The summed E-state index contributed by atoms with van der Waals surface area (Å²) in [4.78, 5) is 12.6. The molecule has 0 saturated carbocycles. The Morgan fingerprint density at radius 2 is 1.69 bits per heavy atom. The smallest absolute Gasteiger partial charge is 0.261 e. The maximum absolute atomic E-state index is 12.5. The van der Waals surface area contributed by atoms with E-state index in [-0.39, 0.29) is 17.6 Å². The number of rotatable bonds is 6. The van der Waals surface area contributed by atoms with Crippen LogP contribution in [-0.2, 0) is 16.6 Å². The van der Waals surface area contributed by atoms with Gasteiger partial charge in [-0.05, 0) is 48.0 Å². The third-order valence-electron chi connectivity index (χ3n) is 4.32. The monoisotopic (exact) mass is 410 g/mol. The molecule has 0 aliphatic carbocycles. The highest BCUT2D eigenvalue weighted by Gasteiger charge is 2.16. The predicted octanol–water partition coefficient (Wildman–Crippen LogP) is 3.15. The van der Waals surface area contributed by atoms with E-state index in [0.717, 1.165) is 5.56 Å². The largest absolute Gasteiger partial charge is 0.454 e. The standard InChI is InChI=1S/C21H18N2O5S/c24-21(22-13-15-9-10-19-20(11-15)28-14-27-19)16-5-4-6-17(12-16)23-29(25,26)18-7-2-1-3-8-18/h1-12,23H,13-14H2,(H,22,24). The van der Waals surface area contributed by atoms with E-state index in [2.05, 4.69) is 10.0 Å². The van der Waals surface area contributed by atoms with Gasteiger partial charge >= 0.3 is 0 Å². The first-order valence-corrected chi connectivity index (χ1v) is 10.3. The van der Waals surface area contributed by atoms with E-state index in [1.165, 1.54) is 18.2 Å². The van der Waals surface area contributed by atoms with Gasteiger partial charge in [-0.15, -0.1) is 0 Å². The van der Waals surface area contributed by atoms with Crippen LogP contribution in [0.5, 0.6) is 11.5 Å². The minimum Gasteiger partial charge on any atom is -0.454 e. The summed E-state index contributed by atoms with van der Waals surface area (Å²) in [7, 11) is -3.72. The molecule has 1 amide bonds. The zero-order valence-corrected chi connectivity index (χ0v) is 16.1. The molecule has 7 nitrogen and oxygen atoms in total. The highest BCUT2D eigenvalue weighted by atomic mass is 32.2. The summed E-state index contributed by atoms with van der Waals surface area (Å²) in [6, 6.07) is 19.8. The molecule has 0 spiro atoms. The normalized spacial score (nSPS) is 12.4. The molecule has 2 N–H and O–H groups in total. The van der Waals surface area contributed by atoms with Gasteiger partial charge in [0.2, 0.25) is 6.79 Å². The van der Waals surface area contributed by atoms with E-state index in [9.17, 15) is 13.2 Å². The molecule has 0 radical (unpaired) electrons. The maximum Gasteiger partial charge on any atom is 0.261 e. The SMILES string of the molecule is O=C(NCc1ccc2c(c1)OCO2)c1cccc(NS(=O)(=O)c2ccccc2)c1. The molecule has 1 heterocycles. The Hall–Kier alpha value is -3.52. The lowest BCUT2D eigenvalue weighted by Gasteiger charge is -2.10. The summed E-state index contributed by atoms with van der Waals surface area (Å²) in [6.07, 6.45) is 0. The Bertz CT molecular complexity index is 1150. The van der Waals surface area contributed by atoms with Gasteiger partial charge in [-0.1, -0.05) is 30.3 Å². The molecule has 148 valence electrons. The molecule has 4 rings (SSSR count). The van der Waals surface area contributed by atoms with Crippen molar-refractivity contribution in [2.75, 3.05) is 11.5 Å². The van der Waals surface area contributed by atoms with Crippen LogP contribution in [-0.4, -0.2) is 21.1 Å². The number of hydrogen-bond donors (Lipinski definition) is 2. The first-order valence-electron chi connectivity index (χ1n) is 8.86. The van der Waals surface area contributed by atoms with Crippen molar-refractivity contribution in [2.24, 2.45) is 0 Å². The molecule has 0 atom stereocenters. The molecular formula is C21H18N2O5S. The van der Waals surface area contributed by atoms with Crippen molar-refractivity contribution in [3.05, 3.63) is 83.9 Å². The maximum atomic E-state index is 12.5. The lowest BCUT2D eigenvalue weighted by molar-refractivity contribution is 0.0951. The quantitative estimate of drug-likeness (QED) is 0.651. The van der Waals surface area contributed by atoms with Crippen molar-refractivity contribution in [1.82, 2.24) is 5.32 Å². The summed E-state index contributed by atoms with van der Waals surface area (Å²) < 4.78 is 38.0. The summed E-state index contributed by atoms with van der Waals surface area (Å²) >= 11 is 0. The highest BCUT2D eigenvalue weighted by molar-refractivity contribution is 7.92. The first kappa shape index (κ1) is 18.8. The first-order chi connectivity index (χ1) is 14.0. The van der Waals surface area contributed by atoms with Crippen LogP contribution >= 0.6 is 0 Å². The number of hydrogen-bond acceptors (Lipinski definition) is 5. The summed E-state index contributed by atoms with van der Waals surface area (Å²) in [5, 5.41) is 2.82. The molecule has 0 bridgehead atoms. The average molecular weight is 410 g/mol. The molecule has 0 saturated heterocycles. The molecule has 3 aromatic carbocycles. The molecule has 1 aliphatic heterocycles.